The van der Waals surface area contributed by atoms with Crippen molar-refractivity contribution in [3.8, 4) is 0 Å². The van der Waals surface area contributed by atoms with Crippen molar-refractivity contribution in [2.75, 3.05) is 44.2 Å². The summed E-state index contributed by atoms with van der Waals surface area (Å²) in [6, 6.07) is 10.8. The zero-order valence-corrected chi connectivity index (χ0v) is 14.6. The van der Waals surface area contributed by atoms with Gasteiger partial charge in [-0.25, -0.2) is 0 Å². The molecule has 1 amide bonds. The monoisotopic (exact) mass is 331 g/mol. The van der Waals surface area contributed by atoms with Crippen molar-refractivity contribution in [2.24, 2.45) is 0 Å². The summed E-state index contributed by atoms with van der Waals surface area (Å²) < 4.78 is 5.53. The molecule has 3 rings (SSSR count). The van der Waals surface area contributed by atoms with Gasteiger partial charge < -0.3 is 15.0 Å². The molecule has 5 heteroatoms. The van der Waals surface area contributed by atoms with Gasteiger partial charge in [0.2, 0.25) is 5.91 Å². The average Bonchev–Trinajstić information content (AvgIpc) is 3.09. The molecule has 1 aromatic carbocycles. The molecule has 5 nitrogen and oxygen atoms in total. The Morgan fingerprint density at radius 3 is 2.67 bits per heavy atom. The maximum atomic E-state index is 12.1. The van der Waals surface area contributed by atoms with Gasteiger partial charge in [-0.1, -0.05) is 18.2 Å². The number of carbonyl (C=O) groups is 1. The molecule has 2 heterocycles. The van der Waals surface area contributed by atoms with Crippen LogP contribution in [-0.4, -0.2) is 62.3 Å². The summed E-state index contributed by atoms with van der Waals surface area (Å²) in [5.74, 6) is 0.123. The molecule has 0 aliphatic carbocycles. The standard InChI is InChI=1S/C19H29N3O2/c1-16(20-19(23)14-18-8-5-13-24-18)15-21-9-11-22(12-10-21)17-6-3-2-4-7-17/h2-4,6-7,16,18H,5,8-15H2,1H3,(H,20,23)/t16-,18-/m0/s1. The number of para-hydroxylation sites is 1. The Balaban J connectivity index is 1.36. The van der Waals surface area contributed by atoms with E-state index in [9.17, 15) is 4.79 Å². The molecule has 0 bridgehead atoms. The van der Waals surface area contributed by atoms with Gasteiger partial charge in [0, 0.05) is 51.1 Å². The lowest BCUT2D eigenvalue weighted by Gasteiger charge is -2.37. The Morgan fingerprint density at radius 2 is 2.00 bits per heavy atom. The van der Waals surface area contributed by atoms with Gasteiger partial charge in [-0.3, -0.25) is 9.69 Å². The highest BCUT2D eigenvalue weighted by Crippen LogP contribution is 2.16. The first kappa shape index (κ1) is 17.2. The molecule has 0 unspecified atom stereocenters. The SMILES string of the molecule is C[C@@H](CN1CCN(c2ccccc2)CC1)NC(=O)C[C@@H]1CCCO1. The second-order valence-electron chi connectivity index (χ2n) is 6.93. The summed E-state index contributed by atoms with van der Waals surface area (Å²) in [5, 5.41) is 3.12. The molecular weight excluding hydrogens is 302 g/mol. The Morgan fingerprint density at radius 1 is 1.25 bits per heavy atom. The summed E-state index contributed by atoms with van der Waals surface area (Å²) in [4.78, 5) is 16.9. The Kier molecular flexibility index (Phi) is 6.10. The smallest absolute Gasteiger partial charge is 0.222 e. The van der Waals surface area contributed by atoms with Crippen LogP contribution in [0.25, 0.3) is 0 Å². The van der Waals surface area contributed by atoms with Crippen LogP contribution in [0.5, 0.6) is 0 Å². The first-order valence-electron chi connectivity index (χ1n) is 9.14. The summed E-state index contributed by atoms with van der Waals surface area (Å²) >= 11 is 0. The minimum Gasteiger partial charge on any atom is -0.378 e. The van der Waals surface area contributed by atoms with E-state index >= 15 is 0 Å². The fourth-order valence-electron chi connectivity index (χ4n) is 3.61. The van der Waals surface area contributed by atoms with Crippen molar-refractivity contribution < 1.29 is 9.53 Å². The number of nitrogens with zero attached hydrogens (tertiary/aromatic N) is 2. The fraction of sp³-hybridized carbons (Fsp3) is 0.632. The number of hydrogen-bond acceptors (Lipinski definition) is 4. The van der Waals surface area contributed by atoms with E-state index in [2.05, 4.69) is 52.4 Å². The first-order valence-corrected chi connectivity index (χ1v) is 9.14. The minimum absolute atomic E-state index is 0.123. The average molecular weight is 331 g/mol. The van der Waals surface area contributed by atoms with Crippen molar-refractivity contribution in [2.45, 2.75) is 38.3 Å². The topological polar surface area (TPSA) is 44.8 Å². The largest absolute Gasteiger partial charge is 0.378 e. The van der Waals surface area contributed by atoms with E-state index in [1.807, 2.05) is 0 Å². The van der Waals surface area contributed by atoms with Crippen LogP contribution in [0.3, 0.4) is 0 Å². The van der Waals surface area contributed by atoms with Gasteiger partial charge in [0.1, 0.15) is 0 Å². The molecule has 2 saturated heterocycles. The molecular formula is C19H29N3O2. The van der Waals surface area contributed by atoms with E-state index in [1.165, 1.54) is 5.69 Å². The summed E-state index contributed by atoms with van der Waals surface area (Å²) in [5.41, 5.74) is 1.30. The zero-order chi connectivity index (χ0) is 16.8. The molecule has 0 aromatic heterocycles. The van der Waals surface area contributed by atoms with Crippen LogP contribution in [0.4, 0.5) is 5.69 Å². The summed E-state index contributed by atoms with van der Waals surface area (Å²) in [6.45, 7) is 7.99. The number of benzene rings is 1. The normalized spacial score (nSPS) is 23.2. The number of piperazine rings is 1. The third-order valence-corrected chi connectivity index (χ3v) is 4.87. The van der Waals surface area contributed by atoms with Crippen molar-refractivity contribution in [3.63, 3.8) is 0 Å². The second kappa shape index (κ2) is 8.49. The van der Waals surface area contributed by atoms with Crippen LogP contribution in [0, 0.1) is 0 Å². The minimum atomic E-state index is 0.123. The molecule has 0 spiro atoms. The maximum absolute atomic E-state index is 12.1. The molecule has 2 atom stereocenters. The van der Waals surface area contributed by atoms with Crippen LogP contribution in [0.2, 0.25) is 0 Å². The highest BCUT2D eigenvalue weighted by atomic mass is 16.5. The van der Waals surface area contributed by atoms with Crippen molar-refractivity contribution in [3.05, 3.63) is 30.3 Å². The van der Waals surface area contributed by atoms with Crippen LogP contribution >= 0.6 is 0 Å². The highest BCUT2D eigenvalue weighted by molar-refractivity contribution is 5.76. The van der Waals surface area contributed by atoms with E-state index in [0.29, 0.717) is 6.42 Å². The number of carbonyl (C=O) groups excluding carboxylic acids is 1. The fourth-order valence-corrected chi connectivity index (χ4v) is 3.61. The lowest BCUT2D eigenvalue weighted by atomic mass is 10.1. The van der Waals surface area contributed by atoms with Crippen LogP contribution in [-0.2, 0) is 9.53 Å². The van der Waals surface area contributed by atoms with Crippen molar-refractivity contribution in [1.29, 1.82) is 0 Å². The molecule has 2 aliphatic heterocycles. The predicted molar refractivity (Wildman–Crippen MR) is 96.3 cm³/mol. The first-order chi connectivity index (χ1) is 11.7. The number of rotatable bonds is 6. The third kappa shape index (κ3) is 4.95. The second-order valence-corrected chi connectivity index (χ2v) is 6.93. The number of anilines is 1. The van der Waals surface area contributed by atoms with E-state index in [1.54, 1.807) is 0 Å². The van der Waals surface area contributed by atoms with Gasteiger partial charge in [-0.05, 0) is 31.9 Å². The van der Waals surface area contributed by atoms with Gasteiger partial charge in [0.05, 0.1) is 12.5 Å². The molecule has 1 N–H and O–H groups in total. The van der Waals surface area contributed by atoms with Gasteiger partial charge in [-0.15, -0.1) is 0 Å². The quantitative estimate of drug-likeness (QED) is 0.864. The number of ether oxygens (including phenoxy) is 1. The predicted octanol–water partition coefficient (Wildman–Crippen LogP) is 1.88. The van der Waals surface area contributed by atoms with Crippen LogP contribution < -0.4 is 10.2 Å². The lowest BCUT2D eigenvalue weighted by Crippen LogP contribution is -2.51. The molecule has 132 valence electrons. The third-order valence-electron chi connectivity index (χ3n) is 4.87. The van der Waals surface area contributed by atoms with E-state index in [0.717, 1.165) is 52.2 Å². The van der Waals surface area contributed by atoms with E-state index < -0.39 is 0 Å². The van der Waals surface area contributed by atoms with Crippen LogP contribution in [0.15, 0.2) is 30.3 Å². The highest BCUT2D eigenvalue weighted by Gasteiger charge is 2.22. The molecule has 0 saturated carbocycles. The van der Waals surface area contributed by atoms with Crippen molar-refractivity contribution >= 4 is 11.6 Å². The number of hydrogen-bond donors (Lipinski definition) is 1. The van der Waals surface area contributed by atoms with E-state index in [4.69, 9.17) is 4.74 Å². The Bertz CT molecular complexity index is 509. The van der Waals surface area contributed by atoms with Gasteiger partial charge in [-0.2, -0.15) is 0 Å². The van der Waals surface area contributed by atoms with Gasteiger partial charge in [0.25, 0.3) is 0 Å². The maximum Gasteiger partial charge on any atom is 0.222 e. The molecule has 1 aromatic rings. The molecule has 24 heavy (non-hydrogen) atoms. The molecule has 2 aliphatic rings. The zero-order valence-electron chi connectivity index (χ0n) is 14.6. The van der Waals surface area contributed by atoms with Gasteiger partial charge >= 0.3 is 0 Å². The van der Waals surface area contributed by atoms with E-state index in [-0.39, 0.29) is 18.1 Å². The summed E-state index contributed by atoms with van der Waals surface area (Å²) in [6.07, 6.45) is 2.74. The summed E-state index contributed by atoms with van der Waals surface area (Å²) in [7, 11) is 0. The van der Waals surface area contributed by atoms with Gasteiger partial charge in [0.15, 0.2) is 0 Å². The lowest BCUT2D eigenvalue weighted by molar-refractivity contribution is -0.123. The molecule has 2 fully saturated rings. The van der Waals surface area contributed by atoms with Crippen LogP contribution in [0.1, 0.15) is 26.2 Å². The van der Waals surface area contributed by atoms with Crippen molar-refractivity contribution in [1.82, 2.24) is 10.2 Å². The Hall–Kier alpha value is -1.59. The number of nitrogens with one attached hydrogen (secondary N) is 1. The Labute approximate surface area is 145 Å². The molecule has 0 radical (unpaired) electrons. The number of amides is 1.